The second-order valence-corrected chi connectivity index (χ2v) is 2.90. The predicted octanol–water partition coefficient (Wildman–Crippen LogP) is 1.95. The van der Waals surface area contributed by atoms with Gasteiger partial charge in [-0.3, -0.25) is 10.4 Å². The van der Waals surface area contributed by atoms with Crippen LogP contribution in [0.15, 0.2) is 29.8 Å². The van der Waals surface area contributed by atoms with Crippen molar-refractivity contribution in [3.8, 4) is 12.1 Å². The number of allylic oxidation sites excluding steroid dienone is 1. The molecular formula is C11H6N4O2. The molecule has 0 bridgehead atoms. The third-order valence-electron chi connectivity index (χ3n) is 1.94. The van der Waals surface area contributed by atoms with E-state index in [0.29, 0.717) is 5.56 Å². The lowest BCUT2D eigenvalue weighted by atomic mass is 10.1. The smallest absolute Gasteiger partial charge is 0.222 e. The fourth-order valence-electron chi connectivity index (χ4n) is 1.15. The van der Waals surface area contributed by atoms with E-state index in [0.717, 1.165) is 0 Å². The Morgan fingerprint density at radius 2 is 1.71 bits per heavy atom. The fraction of sp³-hybridized carbons (Fsp3) is 0. The number of anilines is 1. The van der Waals surface area contributed by atoms with Crippen LogP contribution in [0.4, 0.5) is 5.69 Å². The summed E-state index contributed by atoms with van der Waals surface area (Å²) >= 11 is 0. The molecule has 0 aliphatic rings. The largest absolute Gasteiger partial charge is 0.264 e. The molecule has 0 amide bonds. The van der Waals surface area contributed by atoms with E-state index < -0.39 is 0 Å². The van der Waals surface area contributed by atoms with Crippen LogP contribution < -0.4 is 5.23 Å². The maximum absolute atomic E-state index is 8.72. The summed E-state index contributed by atoms with van der Waals surface area (Å²) < 4.78 is 0. The van der Waals surface area contributed by atoms with Crippen LogP contribution in [0.2, 0.25) is 0 Å². The minimum absolute atomic E-state index is 0.0658. The Labute approximate surface area is 97.2 Å². The summed E-state index contributed by atoms with van der Waals surface area (Å²) in [6.07, 6.45) is 0. The van der Waals surface area contributed by atoms with Crippen molar-refractivity contribution in [2.24, 2.45) is 0 Å². The first-order valence-corrected chi connectivity index (χ1v) is 4.34. The standard InChI is InChI=1S/C11H6N4O2/c1-14-11(9(6-12)7-13)8-2-4-10(5-3-8)15(16)17/h2-5,16-17H. The van der Waals surface area contributed by atoms with Crippen LogP contribution in [0, 0.1) is 29.2 Å². The van der Waals surface area contributed by atoms with E-state index in [4.69, 9.17) is 27.5 Å². The van der Waals surface area contributed by atoms with E-state index in [-0.39, 0.29) is 22.2 Å². The normalized spacial score (nSPS) is 8.41. The number of hydrogen-bond acceptors (Lipinski definition) is 5. The first-order valence-electron chi connectivity index (χ1n) is 4.34. The van der Waals surface area contributed by atoms with Gasteiger partial charge in [-0.25, -0.2) is 4.85 Å². The van der Waals surface area contributed by atoms with E-state index in [1.54, 1.807) is 12.1 Å². The van der Waals surface area contributed by atoms with Crippen molar-refractivity contribution in [1.29, 1.82) is 10.5 Å². The van der Waals surface area contributed by atoms with Gasteiger partial charge in [0.1, 0.15) is 5.57 Å². The molecule has 0 fully saturated rings. The van der Waals surface area contributed by atoms with Gasteiger partial charge in [0.2, 0.25) is 5.70 Å². The lowest BCUT2D eigenvalue weighted by Crippen LogP contribution is -2.10. The van der Waals surface area contributed by atoms with Crippen molar-refractivity contribution in [1.82, 2.24) is 0 Å². The quantitative estimate of drug-likeness (QED) is 0.456. The lowest BCUT2D eigenvalue weighted by molar-refractivity contribution is 0.0291. The highest BCUT2D eigenvalue weighted by Crippen LogP contribution is 2.22. The summed E-state index contributed by atoms with van der Waals surface area (Å²) in [5.74, 6) is 0. The molecule has 0 saturated carbocycles. The van der Waals surface area contributed by atoms with Crippen molar-refractivity contribution in [3.63, 3.8) is 0 Å². The molecule has 0 heterocycles. The summed E-state index contributed by atoms with van der Waals surface area (Å²) in [6.45, 7) is 6.93. The number of nitrogens with zero attached hydrogens (tertiary/aromatic N) is 4. The van der Waals surface area contributed by atoms with E-state index in [1.807, 2.05) is 0 Å². The Morgan fingerprint density at radius 1 is 1.18 bits per heavy atom. The van der Waals surface area contributed by atoms with Crippen molar-refractivity contribution in [3.05, 3.63) is 46.8 Å². The molecule has 0 aromatic heterocycles. The van der Waals surface area contributed by atoms with Crippen molar-refractivity contribution >= 4 is 11.4 Å². The van der Waals surface area contributed by atoms with Gasteiger partial charge in [-0.1, -0.05) is 12.1 Å². The number of nitriles is 2. The maximum Gasteiger partial charge on any atom is 0.222 e. The Hall–Kier alpha value is -2.85. The molecule has 0 aliphatic heterocycles. The molecule has 0 spiro atoms. The van der Waals surface area contributed by atoms with Gasteiger partial charge in [0.15, 0.2) is 0 Å². The molecule has 0 aliphatic carbocycles. The van der Waals surface area contributed by atoms with Gasteiger partial charge in [-0.2, -0.15) is 10.5 Å². The van der Waals surface area contributed by atoms with E-state index in [1.165, 1.54) is 24.3 Å². The molecule has 6 nitrogen and oxygen atoms in total. The molecule has 82 valence electrons. The second-order valence-electron chi connectivity index (χ2n) is 2.90. The molecule has 6 heteroatoms. The van der Waals surface area contributed by atoms with Crippen molar-refractivity contribution in [2.45, 2.75) is 0 Å². The molecule has 1 rings (SSSR count). The zero-order valence-corrected chi connectivity index (χ0v) is 8.49. The summed E-state index contributed by atoms with van der Waals surface area (Å²) in [4.78, 5) is 3.12. The van der Waals surface area contributed by atoms with E-state index in [2.05, 4.69) is 4.85 Å². The van der Waals surface area contributed by atoms with Gasteiger partial charge in [0.25, 0.3) is 0 Å². The van der Waals surface area contributed by atoms with Crippen LogP contribution in [0.5, 0.6) is 0 Å². The summed E-state index contributed by atoms with van der Waals surface area (Å²) in [5.41, 5.74) is 0.124. The molecular weight excluding hydrogens is 220 g/mol. The molecule has 2 N–H and O–H groups in total. The molecule has 0 unspecified atom stereocenters. The predicted molar refractivity (Wildman–Crippen MR) is 57.2 cm³/mol. The summed E-state index contributed by atoms with van der Waals surface area (Å²) in [7, 11) is 0. The molecule has 0 atom stereocenters. The fourth-order valence-corrected chi connectivity index (χ4v) is 1.15. The van der Waals surface area contributed by atoms with Gasteiger partial charge in [-0.15, -0.1) is 5.23 Å². The Balaban J connectivity index is 3.27. The molecule has 0 saturated heterocycles. The zero-order valence-electron chi connectivity index (χ0n) is 8.49. The van der Waals surface area contributed by atoms with Crippen LogP contribution >= 0.6 is 0 Å². The zero-order chi connectivity index (χ0) is 12.8. The average Bonchev–Trinajstić information content (AvgIpc) is 2.36. The number of hydrogen-bond donors (Lipinski definition) is 2. The average molecular weight is 226 g/mol. The Morgan fingerprint density at radius 3 is 2.06 bits per heavy atom. The van der Waals surface area contributed by atoms with Gasteiger partial charge >= 0.3 is 0 Å². The Kier molecular flexibility index (Phi) is 3.81. The Bertz CT molecular complexity index is 551. The topological polar surface area (TPSA) is 95.6 Å². The highest BCUT2D eigenvalue weighted by atomic mass is 16.8. The van der Waals surface area contributed by atoms with Gasteiger partial charge < -0.3 is 0 Å². The van der Waals surface area contributed by atoms with Crippen molar-refractivity contribution in [2.75, 3.05) is 5.23 Å². The third-order valence-corrected chi connectivity index (χ3v) is 1.94. The molecule has 0 radical (unpaired) electrons. The van der Waals surface area contributed by atoms with Crippen LogP contribution in [0.1, 0.15) is 5.56 Å². The highest BCUT2D eigenvalue weighted by Gasteiger charge is 2.09. The highest BCUT2D eigenvalue weighted by molar-refractivity contribution is 5.79. The van der Waals surface area contributed by atoms with Gasteiger partial charge in [0, 0.05) is 0 Å². The first kappa shape index (κ1) is 12.2. The minimum atomic E-state index is -0.280. The number of rotatable bonds is 2. The van der Waals surface area contributed by atoms with Crippen LogP contribution in [0.3, 0.4) is 0 Å². The summed E-state index contributed by atoms with van der Waals surface area (Å²) in [6, 6.07) is 8.78. The first-order chi connectivity index (χ1) is 8.13. The summed E-state index contributed by atoms with van der Waals surface area (Å²) in [5, 5.41) is 34.7. The number of benzene rings is 1. The lowest BCUT2D eigenvalue weighted by Gasteiger charge is -2.07. The van der Waals surface area contributed by atoms with E-state index >= 15 is 0 Å². The van der Waals surface area contributed by atoms with Crippen molar-refractivity contribution < 1.29 is 10.4 Å². The third kappa shape index (κ3) is 2.58. The SMILES string of the molecule is [C-]#[N+]C(=C(C#N)C#N)c1ccc(N(O)O)cc1. The second kappa shape index (κ2) is 5.29. The van der Waals surface area contributed by atoms with Crippen LogP contribution in [0.25, 0.3) is 10.5 Å². The molecule has 1 aromatic rings. The monoisotopic (exact) mass is 226 g/mol. The van der Waals surface area contributed by atoms with E-state index in [9.17, 15) is 0 Å². The molecule has 17 heavy (non-hydrogen) atoms. The van der Waals surface area contributed by atoms with Gasteiger partial charge in [0.05, 0.1) is 24.4 Å². The molecule has 1 aromatic carbocycles. The van der Waals surface area contributed by atoms with Crippen LogP contribution in [-0.2, 0) is 0 Å². The van der Waals surface area contributed by atoms with Crippen LogP contribution in [-0.4, -0.2) is 10.4 Å². The minimum Gasteiger partial charge on any atom is -0.264 e. The van der Waals surface area contributed by atoms with Gasteiger partial charge in [-0.05, 0) is 17.7 Å². The maximum atomic E-state index is 8.72.